The smallest absolute Gasteiger partial charge is 0.329 e. The van der Waals surface area contributed by atoms with Gasteiger partial charge in [-0.05, 0) is 41.9 Å². The zero-order valence-corrected chi connectivity index (χ0v) is 23.3. The van der Waals surface area contributed by atoms with E-state index in [0.717, 1.165) is 10.4 Å². The predicted octanol–water partition coefficient (Wildman–Crippen LogP) is 5.18. The van der Waals surface area contributed by atoms with E-state index in [9.17, 15) is 14.7 Å². The molecule has 1 aliphatic rings. The summed E-state index contributed by atoms with van der Waals surface area (Å²) in [6.45, 7) is 10.5. The number of benzene rings is 1. The lowest BCUT2D eigenvalue weighted by atomic mass is 9.83. The van der Waals surface area contributed by atoms with Crippen LogP contribution in [-0.4, -0.2) is 60.3 Å². The minimum atomic E-state index is -1.40. The van der Waals surface area contributed by atoms with Crippen molar-refractivity contribution in [3.63, 3.8) is 0 Å². The minimum Gasteiger partial charge on any atom is -0.496 e. The average molecular weight is 519 g/mol. The van der Waals surface area contributed by atoms with Crippen LogP contribution in [0.4, 0.5) is 0 Å². The highest BCUT2D eigenvalue weighted by Gasteiger charge is 2.59. The Balaban J connectivity index is 2.22. The molecule has 1 amide bonds. The van der Waals surface area contributed by atoms with E-state index in [-0.39, 0.29) is 29.6 Å². The standard InChI is InChI=1S/C27H38N2O6S/c1-16(2)12-27(24(31)32)13-18(15-33-6)22(21-14-28-25(35-8)36-21)29(27)23(30)17-9-10-19(26(3,4)5)20(11-17)34-7/h9-11,14,16,18,22H,12-13,15H2,1-8H3,(H,31,32)/t18-,22-,27+/m1/s1. The first kappa shape index (κ1) is 27.9. The van der Waals surface area contributed by atoms with Crippen molar-refractivity contribution >= 4 is 23.2 Å². The van der Waals surface area contributed by atoms with E-state index in [2.05, 4.69) is 25.8 Å². The third-order valence-corrected chi connectivity index (χ3v) is 7.78. The first-order valence-corrected chi connectivity index (χ1v) is 13.0. The topological polar surface area (TPSA) is 98.2 Å². The van der Waals surface area contributed by atoms with Crippen molar-refractivity contribution in [3.05, 3.63) is 40.4 Å². The Labute approximate surface area is 217 Å². The zero-order valence-electron chi connectivity index (χ0n) is 22.5. The number of hydrogen-bond acceptors (Lipinski definition) is 7. The van der Waals surface area contributed by atoms with Gasteiger partial charge in [-0.15, -0.1) is 0 Å². The van der Waals surface area contributed by atoms with E-state index < -0.39 is 17.6 Å². The van der Waals surface area contributed by atoms with Crippen molar-refractivity contribution in [2.45, 2.75) is 64.5 Å². The van der Waals surface area contributed by atoms with Crippen molar-refractivity contribution in [1.82, 2.24) is 9.88 Å². The molecule has 2 heterocycles. The molecule has 1 N–H and O–H groups in total. The third kappa shape index (κ3) is 5.22. The second kappa shape index (κ2) is 10.8. The minimum absolute atomic E-state index is 0.0483. The first-order chi connectivity index (χ1) is 16.9. The van der Waals surface area contributed by atoms with E-state index >= 15 is 0 Å². The molecule has 0 aliphatic carbocycles. The van der Waals surface area contributed by atoms with Crippen LogP contribution >= 0.6 is 11.3 Å². The molecule has 1 fully saturated rings. The number of carboxylic acid groups (broad SMARTS) is 1. The van der Waals surface area contributed by atoms with Crippen molar-refractivity contribution in [1.29, 1.82) is 0 Å². The number of carbonyl (C=O) groups is 2. The summed E-state index contributed by atoms with van der Waals surface area (Å²) < 4.78 is 16.5. The van der Waals surface area contributed by atoms with Gasteiger partial charge in [0.15, 0.2) is 0 Å². The van der Waals surface area contributed by atoms with Gasteiger partial charge in [0, 0.05) is 24.8 Å². The van der Waals surface area contributed by atoms with Gasteiger partial charge in [0.25, 0.3) is 11.1 Å². The van der Waals surface area contributed by atoms with E-state index in [1.807, 2.05) is 19.9 Å². The lowest BCUT2D eigenvalue weighted by Crippen LogP contribution is -2.54. The molecule has 0 saturated carbocycles. The van der Waals surface area contributed by atoms with Crippen molar-refractivity contribution in [3.8, 4) is 10.9 Å². The summed E-state index contributed by atoms with van der Waals surface area (Å²) in [4.78, 5) is 34.0. The van der Waals surface area contributed by atoms with Gasteiger partial charge in [-0.1, -0.05) is 52.0 Å². The molecule has 1 saturated heterocycles. The Kier molecular flexibility index (Phi) is 8.35. The van der Waals surface area contributed by atoms with Gasteiger partial charge in [-0.25, -0.2) is 9.78 Å². The molecular formula is C27H38N2O6S. The van der Waals surface area contributed by atoms with Crippen LogP contribution in [0.2, 0.25) is 0 Å². The lowest BCUT2D eigenvalue weighted by molar-refractivity contribution is -0.150. The summed E-state index contributed by atoms with van der Waals surface area (Å²) in [6, 6.07) is 4.85. The number of thiazole rings is 1. The Morgan fingerprint density at radius 1 is 1.22 bits per heavy atom. The molecule has 8 nitrogen and oxygen atoms in total. The second-order valence-electron chi connectivity index (χ2n) is 10.9. The van der Waals surface area contributed by atoms with Gasteiger partial charge in [-0.2, -0.15) is 0 Å². The van der Waals surface area contributed by atoms with Crippen LogP contribution in [-0.2, 0) is 14.9 Å². The van der Waals surface area contributed by atoms with Gasteiger partial charge in [0.05, 0.1) is 31.7 Å². The van der Waals surface area contributed by atoms with Crippen molar-refractivity contribution in [2.24, 2.45) is 11.8 Å². The number of ether oxygens (including phenoxy) is 3. The van der Waals surface area contributed by atoms with Crippen LogP contribution in [0, 0.1) is 11.8 Å². The summed E-state index contributed by atoms with van der Waals surface area (Å²) in [5.41, 5.74) is -0.231. The van der Waals surface area contributed by atoms with Gasteiger partial charge >= 0.3 is 5.97 Å². The Bertz CT molecular complexity index is 1090. The van der Waals surface area contributed by atoms with Crippen LogP contribution in [0.15, 0.2) is 24.4 Å². The molecule has 0 bridgehead atoms. The molecule has 9 heteroatoms. The zero-order chi connectivity index (χ0) is 26.8. The number of methoxy groups -OCH3 is 3. The highest BCUT2D eigenvalue weighted by atomic mass is 32.1. The fourth-order valence-electron chi connectivity index (χ4n) is 5.38. The normalized spacial score (nSPS) is 22.2. The van der Waals surface area contributed by atoms with Gasteiger partial charge in [0.1, 0.15) is 11.3 Å². The highest BCUT2D eigenvalue weighted by molar-refractivity contribution is 7.13. The quantitative estimate of drug-likeness (QED) is 0.489. The molecule has 0 radical (unpaired) electrons. The van der Waals surface area contributed by atoms with Crippen molar-refractivity contribution in [2.75, 3.05) is 27.9 Å². The maximum absolute atomic E-state index is 14.3. The Morgan fingerprint density at radius 2 is 1.92 bits per heavy atom. The van der Waals surface area contributed by atoms with Crippen LogP contribution in [0.5, 0.6) is 10.9 Å². The first-order valence-electron chi connectivity index (χ1n) is 12.1. The molecule has 0 unspecified atom stereocenters. The lowest BCUT2D eigenvalue weighted by Gasteiger charge is -2.39. The second-order valence-corrected chi connectivity index (χ2v) is 11.9. The number of aromatic nitrogens is 1. The molecule has 198 valence electrons. The molecule has 36 heavy (non-hydrogen) atoms. The number of carbonyl (C=O) groups excluding carboxylic acids is 1. The highest BCUT2D eigenvalue weighted by Crippen LogP contribution is 2.52. The molecule has 2 aromatic rings. The van der Waals surface area contributed by atoms with Crippen LogP contribution in [0.25, 0.3) is 0 Å². The monoisotopic (exact) mass is 518 g/mol. The van der Waals surface area contributed by atoms with Gasteiger partial charge in [-0.3, -0.25) is 4.79 Å². The predicted molar refractivity (Wildman–Crippen MR) is 139 cm³/mol. The summed E-state index contributed by atoms with van der Waals surface area (Å²) in [5.74, 6) is -0.945. The number of rotatable bonds is 9. The summed E-state index contributed by atoms with van der Waals surface area (Å²) in [7, 11) is 4.71. The van der Waals surface area contributed by atoms with Crippen LogP contribution in [0.3, 0.4) is 0 Å². The number of likely N-dealkylation sites (tertiary alicyclic amines) is 1. The molecule has 1 aliphatic heterocycles. The largest absolute Gasteiger partial charge is 0.496 e. The SMILES string of the molecule is COC[C@H]1C[C@@](CC(C)C)(C(=O)O)N(C(=O)c2ccc(C(C)(C)C)c(OC)c2)[C@H]1c1cnc(OC)s1. The number of nitrogens with zero attached hydrogens (tertiary/aromatic N) is 2. The van der Waals surface area contributed by atoms with Gasteiger partial charge < -0.3 is 24.2 Å². The van der Waals surface area contributed by atoms with Crippen molar-refractivity contribution < 1.29 is 28.9 Å². The number of hydrogen-bond donors (Lipinski definition) is 1. The van der Waals surface area contributed by atoms with Crippen LogP contribution < -0.4 is 9.47 Å². The molecular weight excluding hydrogens is 480 g/mol. The third-order valence-electron chi connectivity index (χ3n) is 6.75. The maximum Gasteiger partial charge on any atom is 0.329 e. The Hall–Kier alpha value is -2.65. The van der Waals surface area contributed by atoms with Gasteiger partial charge in [0.2, 0.25) is 0 Å². The van der Waals surface area contributed by atoms with E-state index in [1.165, 1.54) is 18.4 Å². The van der Waals surface area contributed by atoms with E-state index in [1.54, 1.807) is 37.4 Å². The van der Waals surface area contributed by atoms with E-state index in [4.69, 9.17) is 14.2 Å². The summed E-state index contributed by atoms with van der Waals surface area (Å²) in [6.07, 6.45) is 2.27. The Morgan fingerprint density at radius 3 is 2.42 bits per heavy atom. The fraction of sp³-hybridized carbons (Fsp3) is 0.593. The molecule has 1 aromatic carbocycles. The summed E-state index contributed by atoms with van der Waals surface area (Å²) >= 11 is 1.32. The fourth-order valence-corrected chi connectivity index (χ4v) is 6.30. The number of carboxylic acids is 1. The number of amides is 1. The average Bonchev–Trinajstić information content (AvgIpc) is 3.40. The molecule has 0 spiro atoms. The molecule has 1 aromatic heterocycles. The van der Waals surface area contributed by atoms with Crippen LogP contribution in [0.1, 0.15) is 74.3 Å². The summed E-state index contributed by atoms with van der Waals surface area (Å²) in [5, 5.41) is 11.1. The number of aliphatic carboxylic acids is 1. The maximum atomic E-state index is 14.3. The van der Waals surface area contributed by atoms with E-state index in [0.29, 0.717) is 29.5 Å². The molecule has 3 atom stereocenters. The molecule has 3 rings (SSSR count).